The third-order valence-electron chi connectivity index (χ3n) is 4.01. The van der Waals surface area contributed by atoms with Crippen molar-refractivity contribution < 1.29 is 4.79 Å². The van der Waals surface area contributed by atoms with Crippen molar-refractivity contribution in [3.63, 3.8) is 0 Å². The summed E-state index contributed by atoms with van der Waals surface area (Å²) in [4.78, 5) is 11.9. The topological polar surface area (TPSA) is 55.1 Å². The van der Waals surface area contributed by atoms with E-state index in [4.69, 9.17) is 5.73 Å². The summed E-state index contributed by atoms with van der Waals surface area (Å²) >= 11 is 0. The maximum atomic E-state index is 11.9. The number of nitrogens with one attached hydrogen (secondary N) is 1. The molecule has 0 spiro atoms. The van der Waals surface area contributed by atoms with E-state index in [0.29, 0.717) is 6.54 Å². The number of hydrogen-bond donors (Lipinski definition) is 2. The SMILES string of the molecule is CCCC1(C(=O)NCC2(N)CCC2)CC1.Cl. The molecular formula is C12H23ClN2O. The van der Waals surface area contributed by atoms with Crippen LogP contribution >= 0.6 is 12.4 Å². The first-order valence-corrected chi connectivity index (χ1v) is 6.17. The Labute approximate surface area is 104 Å². The van der Waals surface area contributed by atoms with Crippen LogP contribution in [-0.4, -0.2) is 18.0 Å². The Morgan fingerprint density at radius 3 is 2.31 bits per heavy atom. The summed E-state index contributed by atoms with van der Waals surface area (Å²) < 4.78 is 0. The van der Waals surface area contributed by atoms with Crippen LogP contribution in [0.15, 0.2) is 0 Å². The lowest BCUT2D eigenvalue weighted by molar-refractivity contribution is -0.127. The zero-order valence-electron chi connectivity index (χ0n) is 10.1. The van der Waals surface area contributed by atoms with Gasteiger partial charge in [-0.3, -0.25) is 4.79 Å². The summed E-state index contributed by atoms with van der Waals surface area (Å²) in [6, 6.07) is 0. The summed E-state index contributed by atoms with van der Waals surface area (Å²) in [5, 5.41) is 3.05. The highest BCUT2D eigenvalue weighted by molar-refractivity contribution is 5.85. The summed E-state index contributed by atoms with van der Waals surface area (Å²) in [6.07, 6.45) is 7.63. The minimum absolute atomic E-state index is 0. The Bertz CT molecular complexity index is 260. The zero-order chi connectivity index (χ0) is 10.9. The fourth-order valence-corrected chi connectivity index (χ4v) is 2.47. The highest BCUT2D eigenvalue weighted by Crippen LogP contribution is 2.49. The van der Waals surface area contributed by atoms with Crippen LogP contribution in [0, 0.1) is 5.41 Å². The molecule has 0 bridgehead atoms. The summed E-state index contributed by atoms with van der Waals surface area (Å²) in [5.74, 6) is 0.251. The quantitative estimate of drug-likeness (QED) is 0.780. The van der Waals surface area contributed by atoms with Crippen LogP contribution in [0.4, 0.5) is 0 Å². The van der Waals surface area contributed by atoms with E-state index >= 15 is 0 Å². The molecule has 0 unspecified atom stereocenters. The molecule has 4 heteroatoms. The molecule has 3 N–H and O–H groups in total. The molecule has 2 aliphatic carbocycles. The molecule has 0 atom stereocenters. The first-order chi connectivity index (χ1) is 7.10. The Balaban J connectivity index is 0.00000128. The van der Waals surface area contributed by atoms with Gasteiger partial charge in [-0.15, -0.1) is 12.4 Å². The van der Waals surface area contributed by atoms with Crippen molar-refractivity contribution in [2.75, 3.05) is 6.54 Å². The predicted molar refractivity (Wildman–Crippen MR) is 67.6 cm³/mol. The third kappa shape index (κ3) is 2.69. The first kappa shape index (κ1) is 13.8. The molecule has 94 valence electrons. The van der Waals surface area contributed by atoms with Crippen LogP contribution in [-0.2, 0) is 4.79 Å². The standard InChI is InChI=1S/C12H22N2O.ClH/c1-2-4-11(7-8-11)10(15)14-9-12(13)5-3-6-12;/h2-9,13H2,1H3,(H,14,15);1H. The normalized spacial score (nSPS) is 23.9. The number of hydrogen-bond acceptors (Lipinski definition) is 2. The zero-order valence-corrected chi connectivity index (χ0v) is 10.9. The number of carbonyl (C=O) groups is 1. The van der Waals surface area contributed by atoms with E-state index in [1.807, 2.05) is 0 Å². The second-order valence-electron chi connectivity index (χ2n) is 5.43. The van der Waals surface area contributed by atoms with Crippen molar-refractivity contribution in [2.24, 2.45) is 11.1 Å². The third-order valence-corrected chi connectivity index (χ3v) is 4.01. The van der Waals surface area contributed by atoms with Crippen molar-refractivity contribution in [2.45, 2.75) is 57.4 Å². The monoisotopic (exact) mass is 246 g/mol. The van der Waals surface area contributed by atoms with Gasteiger partial charge < -0.3 is 11.1 Å². The molecule has 2 aliphatic rings. The van der Waals surface area contributed by atoms with Crippen LogP contribution in [0.3, 0.4) is 0 Å². The maximum absolute atomic E-state index is 11.9. The molecule has 16 heavy (non-hydrogen) atoms. The lowest BCUT2D eigenvalue weighted by Crippen LogP contribution is -2.55. The average molecular weight is 247 g/mol. The van der Waals surface area contributed by atoms with Gasteiger partial charge in [0.2, 0.25) is 5.91 Å². The van der Waals surface area contributed by atoms with Gasteiger partial charge in [0.25, 0.3) is 0 Å². The predicted octanol–water partition coefficient (Wildman–Crippen LogP) is 1.99. The first-order valence-electron chi connectivity index (χ1n) is 6.17. The molecule has 3 nitrogen and oxygen atoms in total. The number of carbonyl (C=O) groups excluding carboxylic acids is 1. The molecule has 2 rings (SSSR count). The fraction of sp³-hybridized carbons (Fsp3) is 0.917. The molecule has 0 heterocycles. The molecular weight excluding hydrogens is 224 g/mol. The van der Waals surface area contributed by atoms with E-state index in [9.17, 15) is 4.79 Å². The molecule has 0 aromatic heterocycles. The summed E-state index contributed by atoms with van der Waals surface area (Å²) in [5.41, 5.74) is 5.98. The van der Waals surface area contributed by atoms with Gasteiger partial charge in [0.05, 0.1) is 0 Å². The minimum atomic E-state index is -0.0854. The molecule has 0 aliphatic heterocycles. The molecule has 0 saturated heterocycles. The smallest absolute Gasteiger partial charge is 0.226 e. The van der Waals surface area contributed by atoms with E-state index < -0.39 is 0 Å². The fourth-order valence-electron chi connectivity index (χ4n) is 2.47. The molecule has 2 saturated carbocycles. The van der Waals surface area contributed by atoms with Gasteiger partial charge in [0.15, 0.2) is 0 Å². The van der Waals surface area contributed by atoms with E-state index in [2.05, 4.69) is 12.2 Å². The van der Waals surface area contributed by atoms with Gasteiger partial charge in [-0.2, -0.15) is 0 Å². The van der Waals surface area contributed by atoms with Crippen LogP contribution in [0.2, 0.25) is 0 Å². The van der Waals surface area contributed by atoms with Crippen LogP contribution in [0.25, 0.3) is 0 Å². The van der Waals surface area contributed by atoms with Crippen LogP contribution < -0.4 is 11.1 Å². The number of halogens is 1. The second-order valence-corrected chi connectivity index (χ2v) is 5.43. The van der Waals surface area contributed by atoms with Crippen LogP contribution in [0.5, 0.6) is 0 Å². The minimum Gasteiger partial charge on any atom is -0.354 e. The number of nitrogens with two attached hydrogens (primary N) is 1. The van der Waals surface area contributed by atoms with Crippen molar-refractivity contribution in [1.82, 2.24) is 5.32 Å². The van der Waals surface area contributed by atoms with Crippen LogP contribution in [0.1, 0.15) is 51.9 Å². The van der Waals surface area contributed by atoms with E-state index in [1.165, 1.54) is 6.42 Å². The lowest BCUT2D eigenvalue weighted by atomic mass is 9.77. The lowest BCUT2D eigenvalue weighted by Gasteiger charge is -2.38. The second kappa shape index (κ2) is 4.92. The van der Waals surface area contributed by atoms with Gasteiger partial charge in [0.1, 0.15) is 0 Å². The van der Waals surface area contributed by atoms with Gasteiger partial charge in [-0.1, -0.05) is 13.3 Å². The number of amides is 1. The highest BCUT2D eigenvalue weighted by atomic mass is 35.5. The van der Waals surface area contributed by atoms with Gasteiger partial charge in [0, 0.05) is 17.5 Å². The number of rotatable bonds is 5. The highest BCUT2D eigenvalue weighted by Gasteiger charge is 2.49. The maximum Gasteiger partial charge on any atom is 0.226 e. The molecule has 2 fully saturated rings. The van der Waals surface area contributed by atoms with Gasteiger partial charge in [-0.25, -0.2) is 0 Å². The Morgan fingerprint density at radius 2 is 1.94 bits per heavy atom. The Morgan fingerprint density at radius 1 is 1.31 bits per heavy atom. The largest absolute Gasteiger partial charge is 0.354 e. The van der Waals surface area contributed by atoms with Gasteiger partial charge >= 0.3 is 0 Å². The Hall–Kier alpha value is -0.280. The van der Waals surface area contributed by atoms with Crippen molar-refractivity contribution >= 4 is 18.3 Å². The van der Waals surface area contributed by atoms with Crippen molar-refractivity contribution in [3.05, 3.63) is 0 Å². The Kier molecular flexibility index (Phi) is 4.24. The van der Waals surface area contributed by atoms with Crippen molar-refractivity contribution in [1.29, 1.82) is 0 Å². The van der Waals surface area contributed by atoms with Crippen molar-refractivity contribution in [3.8, 4) is 0 Å². The summed E-state index contributed by atoms with van der Waals surface area (Å²) in [6.45, 7) is 2.82. The average Bonchev–Trinajstić information content (AvgIpc) is 2.93. The van der Waals surface area contributed by atoms with E-state index in [-0.39, 0.29) is 29.3 Å². The molecule has 1 amide bonds. The van der Waals surface area contributed by atoms with Gasteiger partial charge in [-0.05, 0) is 38.5 Å². The molecule has 0 aromatic carbocycles. The van der Waals surface area contributed by atoms with E-state index in [0.717, 1.165) is 38.5 Å². The molecule has 0 aromatic rings. The summed E-state index contributed by atoms with van der Waals surface area (Å²) in [7, 11) is 0. The van der Waals surface area contributed by atoms with E-state index in [1.54, 1.807) is 0 Å². The molecule has 0 radical (unpaired) electrons.